The summed E-state index contributed by atoms with van der Waals surface area (Å²) in [6, 6.07) is 0. The first kappa shape index (κ1) is 117. The first-order valence-electron chi connectivity index (χ1n) is 43.4. The van der Waals surface area contributed by atoms with Gasteiger partial charge < -0.3 is 0 Å². The molecule has 0 N–H and O–H groups in total. The maximum atomic E-state index is 4.04. The lowest BCUT2D eigenvalue weighted by atomic mass is 9.65. The highest BCUT2D eigenvalue weighted by molar-refractivity contribution is 5.12. The van der Waals surface area contributed by atoms with Crippen LogP contribution in [0.4, 0.5) is 0 Å². The first-order valence-corrected chi connectivity index (χ1v) is 43.4. The molecule has 3 unspecified atom stereocenters. The number of allylic oxidation sites excluding steroid dienone is 26. The van der Waals surface area contributed by atoms with Crippen molar-refractivity contribution in [1.82, 2.24) is 0 Å². The molecule has 0 rings (SSSR count). The predicted molar refractivity (Wildman–Crippen MR) is 511 cm³/mol. The smallest absolute Gasteiger partial charge is 0.00977 e. The molecule has 0 bridgehead atoms. The Morgan fingerprint density at radius 3 is 0.759 bits per heavy atom. The van der Waals surface area contributed by atoms with Crippen LogP contribution in [-0.2, 0) is 0 Å². The van der Waals surface area contributed by atoms with E-state index in [1.807, 2.05) is 6.08 Å². The molecule has 632 valence electrons. The van der Waals surface area contributed by atoms with Crippen molar-refractivity contribution in [2.75, 3.05) is 0 Å². The van der Waals surface area contributed by atoms with Crippen molar-refractivity contribution in [3.8, 4) is 0 Å². The molecule has 3 atom stereocenters. The van der Waals surface area contributed by atoms with Crippen LogP contribution in [0.25, 0.3) is 0 Å². The van der Waals surface area contributed by atoms with E-state index >= 15 is 0 Å². The Kier molecular flexibility index (Phi) is 65.9. The summed E-state index contributed by atoms with van der Waals surface area (Å²) in [5, 5.41) is 0. The molecule has 0 saturated heterocycles. The van der Waals surface area contributed by atoms with Crippen molar-refractivity contribution < 1.29 is 0 Å². The lowest BCUT2D eigenvalue weighted by Gasteiger charge is -2.39. The highest BCUT2D eigenvalue weighted by Crippen LogP contribution is 2.45. The van der Waals surface area contributed by atoms with Crippen molar-refractivity contribution in [2.45, 2.75) is 452 Å². The highest BCUT2D eigenvalue weighted by atomic mass is 14.4. The van der Waals surface area contributed by atoms with Gasteiger partial charge in [0.25, 0.3) is 0 Å². The third-order valence-electron chi connectivity index (χ3n) is 21.5. The van der Waals surface area contributed by atoms with E-state index in [-0.39, 0.29) is 16.2 Å². The Hall–Kier alpha value is -3.90. The zero-order chi connectivity index (χ0) is 86.4. The monoisotopic (exact) mass is 1500 g/mol. The van der Waals surface area contributed by atoms with Gasteiger partial charge in [0.05, 0.1) is 0 Å². The van der Waals surface area contributed by atoms with Gasteiger partial charge in [0, 0.05) is 0 Å². The quantitative estimate of drug-likeness (QED) is 0.0433. The zero-order valence-corrected chi connectivity index (χ0v) is 82.5. The molecule has 0 aliphatic rings. The fourth-order valence-electron chi connectivity index (χ4n) is 10.4. The summed E-state index contributed by atoms with van der Waals surface area (Å²) in [7, 11) is 0. The fourth-order valence-corrected chi connectivity index (χ4v) is 10.4. The van der Waals surface area contributed by atoms with Crippen LogP contribution in [0.15, 0.2) is 178 Å². The van der Waals surface area contributed by atoms with Crippen molar-refractivity contribution in [3.63, 3.8) is 0 Å². The molecule has 0 aromatic carbocycles. The number of hydrogen-bond acceptors (Lipinski definition) is 0. The number of rotatable bonds is 36. The van der Waals surface area contributed by atoms with Crippen LogP contribution in [0.2, 0.25) is 0 Å². The van der Waals surface area contributed by atoms with Crippen molar-refractivity contribution in [1.29, 1.82) is 0 Å². The second-order valence-electron chi connectivity index (χ2n) is 43.4. The van der Waals surface area contributed by atoms with Crippen LogP contribution < -0.4 is 0 Å². The summed E-state index contributed by atoms with van der Waals surface area (Å²) in [5.74, 6) is 0.879. The van der Waals surface area contributed by atoms with E-state index in [9.17, 15) is 0 Å². The van der Waals surface area contributed by atoms with Crippen molar-refractivity contribution >= 4 is 0 Å². The molecule has 0 heterocycles. The summed E-state index contributed by atoms with van der Waals surface area (Å²) >= 11 is 0. The highest BCUT2D eigenvalue weighted by Gasteiger charge is 2.35. The van der Waals surface area contributed by atoms with Crippen LogP contribution in [0.3, 0.4) is 0 Å². The van der Waals surface area contributed by atoms with Gasteiger partial charge in [-0.1, -0.05) is 352 Å². The molecule has 0 aliphatic heterocycles. The van der Waals surface area contributed by atoms with E-state index in [2.05, 4.69) is 403 Å². The van der Waals surface area contributed by atoms with Gasteiger partial charge in [-0.15, -0.1) is 13.2 Å². The van der Waals surface area contributed by atoms with E-state index in [0.717, 1.165) is 30.8 Å². The molecule has 0 spiro atoms. The second kappa shape index (κ2) is 60.7. The lowest BCUT2D eigenvalue weighted by Crippen LogP contribution is -2.30. The maximum absolute atomic E-state index is 4.04. The standard InChI is InChI=1S/2C19H34.C14H28.4C14H26/c1-16(2)10-8-11-17(3)12-9-13-18(4)14-15-19(5,6)7;1-9-19(8,18(5,6)7)15-11-14-17(4)13-10-12-16(2)3;3*1-12(2)8-7-9-13(3)10-11-14(4,5)6;1-8-12(2)10-9-11-14(6,7)13(3,4)5;1-8-14(7,13(4,5)6)11-9-10-12(2)3/h10,12,14H,8-9,11,13,15H2,1-7H3;9,12,14H,1,10-11,13,15H2,2-8H3;8,13H,7,9-11H2,1-6H3;2*8,10H,7,9,11H2,1-6H3;8H,1-2,9-11H2,3-7H3;8,10H,1,9,11H2,2-7H3/b17-12+,18-14+;17-14+;;13-10+;13-10-;;. The topological polar surface area (TPSA) is 0 Å². The van der Waals surface area contributed by atoms with Gasteiger partial charge in [0.2, 0.25) is 0 Å². The Balaban J connectivity index is -0.000000221. The molecule has 0 nitrogen and oxygen atoms in total. The van der Waals surface area contributed by atoms with Crippen molar-refractivity contribution in [2.24, 2.45) is 60.1 Å². The van der Waals surface area contributed by atoms with Crippen LogP contribution in [0, 0.1) is 60.1 Å². The average Bonchev–Trinajstić information content (AvgIpc) is 0.843. The Labute approximate surface area is 685 Å². The van der Waals surface area contributed by atoms with E-state index in [1.165, 1.54) is 196 Å². The van der Waals surface area contributed by atoms with Gasteiger partial charge in [0.1, 0.15) is 0 Å². The molecular formula is C108H200. The minimum absolute atomic E-state index is 0.212. The Morgan fingerprint density at radius 2 is 0.519 bits per heavy atom. The summed E-state index contributed by atoms with van der Waals surface area (Å²) in [5.41, 5.74) is 20.9. The summed E-state index contributed by atoms with van der Waals surface area (Å²) in [4.78, 5) is 0. The minimum atomic E-state index is 0.212. The largest absolute Gasteiger partial charge is 0.103 e. The molecule has 108 heavy (non-hydrogen) atoms. The first-order chi connectivity index (χ1) is 48.7. The molecule has 0 radical (unpaired) electrons. The third kappa shape index (κ3) is 83.0. The van der Waals surface area contributed by atoms with E-state index in [0.29, 0.717) is 37.9 Å². The predicted octanol–water partition coefficient (Wildman–Crippen LogP) is 38.9. The van der Waals surface area contributed by atoms with E-state index in [1.54, 1.807) is 0 Å². The van der Waals surface area contributed by atoms with E-state index in [4.69, 9.17) is 0 Å². The molecule has 0 fully saturated rings. The van der Waals surface area contributed by atoms with Gasteiger partial charge in [0.15, 0.2) is 0 Å². The normalized spacial score (nSPS) is 14.0. The zero-order valence-electron chi connectivity index (χ0n) is 82.5. The van der Waals surface area contributed by atoms with Gasteiger partial charge in [-0.05, 0) is 325 Å². The Bertz CT molecular complexity index is 2660. The molecule has 0 aromatic heterocycles. The van der Waals surface area contributed by atoms with Gasteiger partial charge >= 0.3 is 0 Å². The molecule has 0 saturated carbocycles. The fraction of sp³-hybridized carbons (Fsp3) is 0.722. The van der Waals surface area contributed by atoms with Crippen LogP contribution in [0.1, 0.15) is 452 Å². The van der Waals surface area contributed by atoms with Gasteiger partial charge in [-0.25, -0.2) is 0 Å². The average molecular weight is 1500 g/mol. The molecular weight excluding hydrogens is 1300 g/mol. The molecule has 0 amide bonds. The minimum Gasteiger partial charge on any atom is -0.103 e. The van der Waals surface area contributed by atoms with Crippen LogP contribution >= 0.6 is 0 Å². The van der Waals surface area contributed by atoms with E-state index < -0.39 is 0 Å². The van der Waals surface area contributed by atoms with Crippen LogP contribution in [0.5, 0.6) is 0 Å². The summed E-state index contributed by atoms with van der Waals surface area (Å²) in [6.07, 6.45) is 61.1. The SMILES string of the molecule is C=CC(=C)CCCC(C)(C)C(C)(C)C.C=CC(C)(CC/C=C(\C)CCC=C(C)C)C(C)(C)C.C=CC(C)(CCC=C(C)C)C(C)(C)C.CC(C)=CCC/C(C)=C/CC(C)(C)C.CC(C)=CCC/C(C)=C/CC/C(C)=C/CC(C)(C)C.CC(C)=CCC/C(C)=C\CC(C)(C)C.CC(C)=CCCC(C)CCC(C)(C)C. The molecule has 0 aromatic rings. The third-order valence-corrected chi connectivity index (χ3v) is 21.5. The number of hydrogen-bond donors (Lipinski definition) is 0. The summed E-state index contributed by atoms with van der Waals surface area (Å²) < 4.78 is 0. The van der Waals surface area contributed by atoms with Crippen molar-refractivity contribution in [3.05, 3.63) is 178 Å². The maximum Gasteiger partial charge on any atom is -0.00977 e. The Morgan fingerprint density at radius 1 is 0.269 bits per heavy atom. The molecule has 0 heteroatoms. The second-order valence-corrected chi connectivity index (χ2v) is 43.4. The van der Waals surface area contributed by atoms with Gasteiger partial charge in [-0.3, -0.25) is 0 Å². The summed E-state index contributed by atoms with van der Waals surface area (Å²) in [6.45, 7) is 113. The van der Waals surface area contributed by atoms with Gasteiger partial charge in [-0.2, -0.15) is 0 Å². The molecule has 0 aliphatic carbocycles. The van der Waals surface area contributed by atoms with Crippen LogP contribution in [-0.4, -0.2) is 0 Å². The lowest BCUT2D eigenvalue weighted by molar-refractivity contribution is 0.117.